The predicted octanol–water partition coefficient (Wildman–Crippen LogP) is 9.74. The summed E-state index contributed by atoms with van der Waals surface area (Å²) in [4.78, 5) is 138. The van der Waals surface area contributed by atoms with E-state index < -0.39 is 92.0 Å². The zero-order valence-corrected chi connectivity index (χ0v) is 58.2. The summed E-state index contributed by atoms with van der Waals surface area (Å²) in [5, 5.41) is 0. The highest BCUT2D eigenvalue weighted by Crippen LogP contribution is 2.36. The van der Waals surface area contributed by atoms with Crippen LogP contribution in [0.15, 0.2) is 0 Å². The Morgan fingerprint density at radius 2 is 0.856 bits per heavy atom. The normalized spacial score (nSPS) is 26.4. The van der Waals surface area contributed by atoms with Crippen molar-refractivity contribution in [3.63, 3.8) is 0 Å². The molecule has 6 fully saturated rings. The summed E-state index contributed by atoms with van der Waals surface area (Å²) in [6, 6.07) is 0. The maximum Gasteiger partial charge on any atom is 0.350 e. The van der Waals surface area contributed by atoms with Crippen molar-refractivity contribution in [3.8, 4) is 0 Å². The van der Waals surface area contributed by atoms with Gasteiger partial charge in [0.1, 0.15) is 24.9 Å². The summed E-state index contributed by atoms with van der Waals surface area (Å²) >= 11 is 0. The average molecular weight is 1290 g/mol. The quantitative estimate of drug-likeness (QED) is 0.0910. The molecule has 0 saturated carbocycles. The monoisotopic (exact) mass is 1280 g/mol. The lowest BCUT2D eigenvalue weighted by atomic mass is 9.88. The van der Waals surface area contributed by atoms with Gasteiger partial charge in [-0.2, -0.15) is 0 Å². The first kappa shape index (κ1) is 81.7. The van der Waals surface area contributed by atoms with Crippen LogP contribution in [-0.4, -0.2) is 146 Å². The van der Waals surface area contributed by atoms with Crippen LogP contribution in [0.1, 0.15) is 230 Å². The first-order valence-electron chi connectivity index (χ1n) is 31.6. The average Bonchev–Trinajstić information content (AvgIpc) is 2.20. The molecule has 90 heavy (non-hydrogen) atoms. The van der Waals surface area contributed by atoms with E-state index in [0.717, 1.165) is 6.42 Å². The van der Waals surface area contributed by atoms with Gasteiger partial charge in [0.2, 0.25) is 29.5 Å². The fourth-order valence-electron chi connectivity index (χ4n) is 7.69. The smallest absolute Gasteiger partial charge is 0.350 e. The van der Waals surface area contributed by atoms with Crippen LogP contribution in [0.3, 0.4) is 0 Å². The van der Waals surface area contributed by atoms with E-state index in [1.807, 2.05) is 96.9 Å². The van der Waals surface area contributed by atoms with Crippen molar-refractivity contribution in [2.45, 2.75) is 271 Å². The summed E-state index contributed by atoms with van der Waals surface area (Å²) in [6.45, 7) is 43.6. The van der Waals surface area contributed by atoms with Crippen LogP contribution in [0.5, 0.6) is 0 Å². The van der Waals surface area contributed by atoms with Crippen molar-refractivity contribution < 1.29 is 114 Å². The molecule has 0 spiro atoms. The van der Waals surface area contributed by atoms with Gasteiger partial charge in [-0.15, -0.1) is 0 Å². The van der Waals surface area contributed by atoms with Gasteiger partial charge in [0.25, 0.3) is 0 Å². The van der Waals surface area contributed by atoms with Crippen molar-refractivity contribution in [1.82, 2.24) is 0 Å². The van der Waals surface area contributed by atoms with Gasteiger partial charge < -0.3 is 56.8 Å². The van der Waals surface area contributed by atoms with Crippen molar-refractivity contribution in [2.75, 3.05) is 33.0 Å². The van der Waals surface area contributed by atoms with Gasteiger partial charge in [-0.25, -0.2) is 24.0 Å². The highest BCUT2D eigenvalue weighted by molar-refractivity contribution is 5.87. The van der Waals surface area contributed by atoms with Gasteiger partial charge in [-0.1, -0.05) is 90.0 Å². The molecule has 6 rings (SSSR count). The largest absolute Gasteiger partial charge is 0.465 e. The third-order valence-corrected chi connectivity index (χ3v) is 17.1. The molecule has 6 aliphatic heterocycles. The topological polar surface area (TPSA) is 316 Å². The van der Waals surface area contributed by atoms with Crippen LogP contribution in [0.2, 0.25) is 0 Å². The number of rotatable bonds is 18. The minimum absolute atomic E-state index is 0.141. The highest BCUT2D eigenvalue weighted by atomic mass is 16.6. The number of hydrogen-bond acceptors (Lipinski definition) is 24. The van der Waals surface area contributed by atoms with Gasteiger partial charge in [0.15, 0.2) is 0 Å². The molecular formula is C66H108O24. The maximum absolute atomic E-state index is 11.9. The number of cyclic esters (lactones) is 6. The Morgan fingerprint density at radius 3 is 1.21 bits per heavy atom. The lowest BCUT2D eigenvalue weighted by Gasteiger charge is -2.35. The van der Waals surface area contributed by atoms with Gasteiger partial charge in [0.05, 0.1) is 60.2 Å². The zero-order chi connectivity index (χ0) is 69.8. The van der Waals surface area contributed by atoms with E-state index in [0.29, 0.717) is 90.8 Å². The van der Waals surface area contributed by atoms with Crippen LogP contribution in [0.4, 0.5) is 0 Å². The fraction of sp³-hybridized carbons (Fsp3) is 0.818. The Morgan fingerprint density at radius 1 is 0.478 bits per heavy atom. The first-order chi connectivity index (χ1) is 41.2. The summed E-state index contributed by atoms with van der Waals surface area (Å²) in [6.07, 6.45) is 3.95. The molecule has 0 amide bonds. The van der Waals surface area contributed by atoms with Crippen LogP contribution >= 0.6 is 0 Å². The van der Waals surface area contributed by atoms with E-state index >= 15 is 0 Å². The molecule has 0 bridgehead atoms. The summed E-state index contributed by atoms with van der Waals surface area (Å²) < 4.78 is 60.4. The highest BCUT2D eigenvalue weighted by Gasteiger charge is 2.50. The van der Waals surface area contributed by atoms with E-state index in [1.165, 1.54) is 0 Å². The molecule has 10 atom stereocenters. The Kier molecular flexibility index (Phi) is 31.2. The third kappa shape index (κ3) is 24.4. The van der Waals surface area contributed by atoms with E-state index in [4.69, 9.17) is 56.8 Å². The van der Waals surface area contributed by atoms with Crippen molar-refractivity contribution in [1.29, 1.82) is 0 Å². The number of carbonyl (C=O) groups excluding carboxylic acids is 12. The molecule has 6 heterocycles. The van der Waals surface area contributed by atoms with Gasteiger partial charge in [-0.05, 0) is 108 Å². The third-order valence-electron chi connectivity index (χ3n) is 17.1. The lowest BCUT2D eigenvalue weighted by molar-refractivity contribution is -0.182. The minimum atomic E-state index is -1.08. The SMILES string of the molecule is CCC(C)(C)C(=O)OC1(C)CCOC(=O)C1.CCC(C)(C)C(=O)OC1(C)CCOC1=O.CCC(C)(C)C(=O)OC1C(=O)OCC1(C)C.CCC(C)C(=O)OC1(C)CCOC1=O.CCC(C)C(=O)OC1C(=O)OCC1(C)C.CCC(C)C(=O)OC1CC(C)OC1=O. The van der Waals surface area contributed by atoms with Gasteiger partial charge >= 0.3 is 71.6 Å². The molecule has 24 heteroatoms. The van der Waals surface area contributed by atoms with E-state index in [2.05, 4.69) is 0 Å². The second kappa shape index (κ2) is 34.3. The minimum Gasteiger partial charge on any atom is -0.465 e. The number of hydrogen-bond donors (Lipinski definition) is 0. The molecule has 516 valence electrons. The Labute approximate surface area is 533 Å². The van der Waals surface area contributed by atoms with Crippen LogP contribution < -0.4 is 0 Å². The van der Waals surface area contributed by atoms with Crippen LogP contribution in [0.25, 0.3) is 0 Å². The molecular weight excluding hydrogens is 1180 g/mol. The Bertz CT molecular complexity index is 2510. The maximum atomic E-state index is 11.9. The molecule has 6 aliphatic rings. The molecule has 0 radical (unpaired) electrons. The molecule has 0 N–H and O–H groups in total. The second-order valence-corrected chi connectivity index (χ2v) is 27.9. The van der Waals surface area contributed by atoms with Crippen molar-refractivity contribution in [3.05, 3.63) is 0 Å². The standard InChI is InChI=1S/2C12H20O4.2C11H18O4.2C10H16O4/c1-6-11(2,3)10(14)16-8-9(13)15-7-12(8,4)5;1-5-11(2,3)10(14)16-12(4)6-7-15-9(13)8-12;1-5-10(2,3)8(12)15-11(4)6-7-14-9(11)13;1-5-7(2)9(12)15-8-10(13)14-6-11(8,3)4;1-4-7(2)8(11)14-10(3)5-6-13-9(10)12;1-4-6(2)9(11)14-8-5-7(3)13-10(8)12/h8H,6-7H2,1-5H3;5-8H2,1-4H3;5-7H2,1-4H3;7-8H,5-6H2,1-4H3;7H,4-6H2,1-3H3;6-8H,4-5H2,1-3H3. The fourth-order valence-corrected chi connectivity index (χ4v) is 7.69. The van der Waals surface area contributed by atoms with E-state index in [1.54, 1.807) is 62.3 Å². The summed E-state index contributed by atoms with van der Waals surface area (Å²) in [5.74, 6) is -4.85. The summed E-state index contributed by atoms with van der Waals surface area (Å²) in [5.41, 5.74) is -5.28. The number of esters is 12. The van der Waals surface area contributed by atoms with Crippen LogP contribution in [-0.2, 0) is 114 Å². The Hall–Kier alpha value is -6.36. The predicted molar refractivity (Wildman–Crippen MR) is 325 cm³/mol. The molecule has 0 aliphatic carbocycles. The lowest BCUT2D eigenvalue weighted by Crippen LogP contribution is -2.43. The van der Waals surface area contributed by atoms with Crippen LogP contribution in [0, 0.1) is 44.8 Å². The van der Waals surface area contributed by atoms with Crippen molar-refractivity contribution >= 4 is 71.6 Å². The molecule has 0 aromatic rings. The Balaban J connectivity index is 0.000000540. The first-order valence-corrected chi connectivity index (χ1v) is 31.6. The number of ether oxygens (including phenoxy) is 12. The second-order valence-electron chi connectivity index (χ2n) is 27.9. The molecule has 10 unspecified atom stereocenters. The molecule has 0 aromatic carbocycles. The van der Waals surface area contributed by atoms with Gasteiger partial charge in [0, 0.05) is 36.5 Å². The molecule has 0 aromatic heterocycles. The molecule has 24 nitrogen and oxygen atoms in total. The summed E-state index contributed by atoms with van der Waals surface area (Å²) in [7, 11) is 0. The number of carbonyl (C=O) groups is 12. The molecule has 6 saturated heterocycles. The van der Waals surface area contributed by atoms with E-state index in [-0.39, 0.29) is 72.1 Å². The van der Waals surface area contributed by atoms with Crippen molar-refractivity contribution in [2.24, 2.45) is 44.8 Å². The zero-order valence-electron chi connectivity index (χ0n) is 58.2. The van der Waals surface area contributed by atoms with Gasteiger partial charge in [-0.3, -0.25) is 33.6 Å². The van der Waals surface area contributed by atoms with E-state index in [9.17, 15) is 57.5 Å².